The third kappa shape index (κ3) is 4.37. The van der Waals surface area contributed by atoms with Crippen LogP contribution in [-0.4, -0.2) is 23.5 Å². The molecule has 2 N–H and O–H groups in total. The van der Waals surface area contributed by atoms with E-state index in [1.807, 2.05) is 30.3 Å². The molecule has 0 amide bonds. The molecule has 0 bridgehead atoms. The van der Waals surface area contributed by atoms with E-state index in [1.165, 1.54) is 19.3 Å². The lowest BCUT2D eigenvalue weighted by molar-refractivity contribution is 0.572. The molecule has 2 atom stereocenters. The largest absolute Gasteiger partial charge is 0.444 e. The number of hydrogen-bond donors (Lipinski definition) is 2. The maximum atomic E-state index is 5.56. The molecule has 1 fully saturated rings. The molecule has 1 saturated carbocycles. The molecule has 1 aliphatic rings. The molecule has 5 heteroatoms. The summed E-state index contributed by atoms with van der Waals surface area (Å²) in [4.78, 5) is 9.16. The van der Waals surface area contributed by atoms with Gasteiger partial charge in [0.25, 0.3) is 0 Å². The summed E-state index contributed by atoms with van der Waals surface area (Å²) in [6, 6.07) is 10.5. The fourth-order valence-electron chi connectivity index (χ4n) is 2.86. The van der Waals surface area contributed by atoms with E-state index in [-0.39, 0.29) is 0 Å². The molecule has 1 heterocycles. The minimum absolute atomic E-state index is 0.511. The van der Waals surface area contributed by atoms with Gasteiger partial charge in [0.05, 0.1) is 6.54 Å². The molecule has 5 nitrogen and oxygen atoms in total. The zero-order valence-electron chi connectivity index (χ0n) is 14.5. The van der Waals surface area contributed by atoms with Gasteiger partial charge in [-0.15, -0.1) is 0 Å². The van der Waals surface area contributed by atoms with E-state index in [2.05, 4.69) is 34.5 Å². The van der Waals surface area contributed by atoms with Crippen molar-refractivity contribution in [2.45, 2.75) is 45.7 Å². The fraction of sp³-hybridized carbons (Fsp3) is 0.474. The molecule has 2 aromatic rings. The predicted molar refractivity (Wildman–Crippen MR) is 96.7 cm³/mol. The highest BCUT2D eigenvalue weighted by Crippen LogP contribution is 2.34. The summed E-state index contributed by atoms with van der Waals surface area (Å²) in [6.07, 6.45) is 5.48. The smallest absolute Gasteiger partial charge is 0.226 e. The van der Waals surface area contributed by atoms with Crippen LogP contribution in [0.3, 0.4) is 0 Å². The van der Waals surface area contributed by atoms with Crippen molar-refractivity contribution in [2.24, 2.45) is 10.9 Å². The number of nitrogens with zero attached hydrogens (tertiary/aromatic N) is 2. The maximum absolute atomic E-state index is 5.56. The van der Waals surface area contributed by atoms with Crippen molar-refractivity contribution in [1.82, 2.24) is 15.6 Å². The van der Waals surface area contributed by atoms with E-state index in [0.717, 1.165) is 29.7 Å². The van der Waals surface area contributed by atoms with Gasteiger partial charge in [-0.3, -0.25) is 0 Å². The van der Waals surface area contributed by atoms with Crippen LogP contribution in [0.25, 0.3) is 11.5 Å². The molecule has 24 heavy (non-hydrogen) atoms. The zero-order chi connectivity index (χ0) is 16.8. The molecule has 3 rings (SSSR count). The Morgan fingerprint density at radius 3 is 2.88 bits per heavy atom. The summed E-state index contributed by atoms with van der Waals surface area (Å²) < 4.78 is 5.56. The van der Waals surface area contributed by atoms with Gasteiger partial charge in [-0.2, -0.15) is 0 Å². The van der Waals surface area contributed by atoms with E-state index in [4.69, 9.17) is 4.42 Å². The first-order valence-corrected chi connectivity index (χ1v) is 8.84. The zero-order valence-corrected chi connectivity index (χ0v) is 14.5. The molecule has 2 unspecified atom stereocenters. The molecule has 1 aliphatic carbocycles. The van der Waals surface area contributed by atoms with Crippen LogP contribution in [0.2, 0.25) is 0 Å². The Balaban J connectivity index is 1.59. The fourth-order valence-corrected chi connectivity index (χ4v) is 2.86. The molecular formula is C19H26N4O. The van der Waals surface area contributed by atoms with E-state index < -0.39 is 0 Å². The van der Waals surface area contributed by atoms with Crippen LogP contribution >= 0.6 is 0 Å². The Labute approximate surface area is 143 Å². The number of nitrogens with one attached hydrogen (secondary N) is 2. The number of oxazole rings is 1. The Kier molecular flexibility index (Phi) is 5.51. The average molecular weight is 326 g/mol. The Bertz CT molecular complexity index is 665. The lowest BCUT2D eigenvalue weighted by atomic mass is 10.2. The molecule has 128 valence electrons. The SMILES string of the molecule is CCCC1CC1NC(=NCc1coc(-c2ccccc2)n1)NCC. The monoisotopic (exact) mass is 326 g/mol. The van der Waals surface area contributed by atoms with Crippen LogP contribution in [0.5, 0.6) is 0 Å². The predicted octanol–water partition coefficient (Wildman–Crippen LogP) is 3.59. The second kappa shape index (κ2) is 7.99. The topological polar surface area (TPSA) is 62.5 Å². The summed E-state index contributed by atoms with van der Waals surface area (Å²) in [5.41, 5.74) is 1.82. The van der Waals surface area contributed by atoms with Crippen molar-refractivity contribution in [3.63, 3.8) is 0 Å². The van der Waals surface area contributed by atoms with E-state index in [1.54, 1.807) is 6.26 Å². The van der Waals surface area contributed by atoms with Gasteiger partial charge in [0.15, 0.2) is 5.96 Å². The highest BCUT2D eigenvalue weighted by molar-refractivity contribution is 5.80. The van der Waals surface area contributed by atoms with Gasteiger partial charge >= 0.3 is 0 Å². The molecule has 0 radical (unpaired) electrons. The van der Waals surface area contributed by atoms with Crippen molar-refractivity contribution < 1.29 is 4.42 Å². The summed E-state index contributed by atoms with van der Waals surface area (Å²) >= 11 is 0. The van der Waals surface area contributed by atoms with Gasteiger partial charge in [-0.1, -0.05) is 31.5 Å². The van der Waals surface area contributed by atoms with E-state index >= 15 is 0 Å². The summed E-state index contributed by atoms with van der Waals surface area (Å²) in [5, 5.41) is 6.82. The van der Waals surface area contributed by atoms with Crippen LogP contribution in [0.15, 0.2) is 46.0 Å². The number of benzene rings is 1. The maximum Gasteiger partial charge on any atom is 0.226 e. The lowest BCUT2D eigenvalue weighted by Crippen LogP contribution is -2.39. The number of guanidine groups is 1. The number of rotatable bonds is 7. The first kappa shape index (κ1) is 16.6. The lowest BCUT2D eigenvalue weighted by Gasteiger charge is -2.10. The first-order chi connectivity index (χ1) is 11.8. The van der Waals surface area contributed by atoms with Crippen molar-refractivity contribution in [1.29, 1.82) is 0 Å². The van der Waals surface area contributed by atoms with E-state index in [0.29, 0.717) is 18.5 Å². The molecule has 0 spiro atoms. The van der Waals surface area contributed by atoms with Crippen LogP contribution in [0, 0.1) is 5.92 Å². The van der Waals surface area contributed by atoms with Crippen molar-refractivity contribution >= 4 is 5.96 Å². The van der Waals surface area contributed by atoms with Crippen molar-refractivity contribution in [3.8, 4) is 11.5 Å². The van der Waals surface area contributed by atoms with Crippen LogP contribution in [0.1, 0.15) is 38.8 Å². The third-order valence-electron chi connectivity index (χ3n) is 4.22. The third-order valence-corrected chi connectivity index (χ3v) is 4.22. The number of aliphatic imine (C=N–C) groups is 1. The minimum Gasteiger partial charge on any atom is -0.444 e. The summed E-state index contributed by atoms with van der Waals surface area (Å²) in [7, 11) is 0. The van der Waals surface area contributed by atoms with Gasteiger partial charge in [0.1, 0.15) is 12.0 Å². The summed E-state index contributed by atoms with van der Waals surface area (Å²) in [6.45, 7) is 5.68. The van der Waals surface area contributed by atoms with Gasteiger partial charge in [0.2, 0.25) is 5.89 Å². The standard InChI is InChI=1S/C19H26N4O/c1-3-8-15-11-17(15)23-19(20-4-2)21-12-16-13-24-18(22-16)14-9-6-5-7-10-14/h5-7,9-10,13,15,17H,3-4,8,11-12H2,1-2H3,(H2,20,21,23). The quantitative estimate of drug-likeness (QED) is 0.603. The van der Waals surface area contributed by atoms with Crippen LogP contribution < -0.4 is 10.6 Å². The van der Waals surface area contributed by atoms with Gasteiger partial charge < -0.3 is 15.1 Å². The van der Waals surface area contributed by atoms with Gasteiger partial charge in [0, 0.05) is 18.2 Å². The van der Waals surface area contributed by atoms with Crippen molar-refractivity contribution in [3.05, 3.63) is 42.3 Å². The normalized spacial score (nSPS) is 20.0. The number of aromatic nitrogens is 1. The highest BCUT2D eigenvalue weighted by Gasteiger charge is 2.36. The Hall–Kier alpha value is -2.30. The summed E-state index contributed by atoms with van der Waals surface area (Å²) in [5.74, 6) is 2.31. The van der Waals surface area contributed by atoms with Crippen LogP contribution in [-0.2, 0) is 6.54 Å². The van der Waals surface area contributed by atoms with Gasteiger partial charge in [-0.25, -0.2) is 9.98 Å². The molecule has 1 aromatic carbocycles. The van der Waals surface area contributed by atoms with E-state index in [9.17, 15) is 0 Å². The van der Waals surface area contributed by atoms with Gasteiger partial charge in [-0.05, 0) is 37.8 Å². The molecule has 1 aromatic heterocycles. The number of hydrogen-bond acceptors (Lipinski definition) is 3. The first-order valence-electron chi connectivity index (χ1n) is 8.84. The Morgan fingerprint density at radius 2 is 2.12 bits per heavy atom. The molecule has 0 saturated heterocycles. The second-order valence-corrected chi connectivity index (χ2v) is 6.24. The van der Waals surface area contributed by atoms with Crippen molar-refractivity contribution in [2.75, 3.05) is 6.54 Å². The Morgan fingerprint density at radius 1 is 1.29 bits per heavy atom. The second-order valence-electron chi connectivity index (χ2n) is 6.24. The molecule has 0 aliphatic heterocycles. The van der Waals surface area contributed by atoms with Crippen LogP contribution in [0.4, 0.5) is 0 Å². The highest BCUT2D eigenvalue weighted by atomic mass is 16.3. The minimum atomic E-state index is 0.511. The molecular weight excluding hydrogens is 300 g/mol. The average Bonchev–Trinajstić information content (AvgIpc) is 3.15.